The molecule has 28 heavy (non-hydrogen) atoms. The van der Waals surface area contributed by atoms with E-state index in [1.165, 1.54) is 54.3 Å². The summed E-state index contributed by atoms with van der Waals surface area (Å²) in [6, 6.07) is 10.6. The molecule has 148 valence electrons. The molecule has 0 atom stereocenters. The molecule has 6 heteroatoms. The molecule has 2 aromatic heterocycles. The van der Waals surface area contributed by atoms with E-state index < -0.39 is 0 Å². The van der Waals surface area contributed by atoms with Crippen LogP contribution in [-0.4, -0.2) is 30.1 Å². The van der Waals surface area contributed by atoms with E-state index in [1.54, 1.807) is 6.92 Å². The van der Waals surface area contributed by atoms with Crippen molar-refractivity contribution in [1.29, 1.82) is 5.41 Å². The van der Waals surface area contributed by atoms with Gasteiger partial charge in [-0.1, -0.05) is 19.3 Å². The summed E-state index contributed by atoms with van der Waals surface area (Å²) in [6.45, 7) is 1.77. The van der Waals surface area contributed by atoms with Crippen LogP contribution in [0.4, 0.5) is 10.7 Å². The van der Waals surface area contributed by atoms with Gasteiger partial charge in [0.05, 0.1) is 9.88 Å². The second kappa shape index (κ2) is 9.55. The van der Waals surface area contributed by atoms with Crippen LogP contribution in [-0.2, 0) is 0 Å². The van der Waals surface area contributed by atoms with Gasteiger partial charge in [-0.25, -0.2) is 0 Å². The lowest BCUT2D eigenvalue weighted by molar-refractivity contribution is 0.112. The molecule has 0 spiro atoms. The van der Waals surface area contributed by atoms with Gasteiger partial charge in [0, 0.05) is 47.2 Å². The summed E-state index contributed by atoms with van der Waals surface area (Å²) in [7, 11) is 1.92. The molecule has 2 heterocycles. The van der Waals surface area contributed by atoms with Crippen molar-refractivity contribution in [3.63, 3.8) is 0 Å². The molecule has 3 aromatic rings. The molecular formula is C22H28N4OS. The average Bonchev–Trinajstić information content (AvgIpc) is 3.35. The maximum atomic E-state index is 10.8. The van der Waals surface area contributed by atoms with Crippen LogP contribution in [0.5, 0.6) is 0 Å². The maximum absolute atomic E-state index is 10.8. The third kappa shape index (κ3) is 5.01. The van der Waals surface area contributed by atoms with Gasteiger partial charge in [-0.2, -0.15) is 0 Å². The number of hydrogen-bond acceptors (Lipinski definition) is 5. The van der Waals surface area contributed by atoms with Gasteiger partial charge < -0.3 is 21.0 Å². The number of thiophene rings is 1. The van der Waals surface area contributed by atoms with E-state index in [1.807, 2.05) is 19.3 Å². The fourth-order valence-electron chi connectivity index (χ4n) is 3.50. The monoisotopic (exact) mass is 396 g/mol. The lowest BCUT2D eigenvalue weighted by Gasteiger charge is -2.23. The lowest BCUT2D eigenvalue weighted by Crippen LogP contribution is -2.22. The van der Waals surface area contributed by atoms with Gasteiger partial charge in [0.25, 0.3) is 0 Å². The van der Waals surface area contributed by atoms with Crippen molar-refractivity contribution < 1.29 is 4.79 Å². The summed E-state index contributed by atoms with van der Waals surface area (Å²) in [5.41, 5.74) is 3.73. The number of carbonyl (C=O) groups excluding carboxylic acids is 1. The molecule has 4 N–H and O–H groups in total. The summed E-state index contributed by atoms with van der Waals surface area (Å²) in [5, 5.41) is 16.6. The number of carbonyl (C=O) groups is 1. The Labute approximate surface area is 170 Å². The van der Waals surface area contributed by atoms with Crippen LogP contribution >= 0.6 is 11.3 Å². The third-order valence-corrected chi connectivity index (χ3v) is 6.05. The van der Waals surface area contributed by atoms with Crippen LogP contribution in [0.3, 0.4) is 0 Å². The molecule has 0 saturated heterocycles. The van der Waals surface area contributed by atoms with E-state index >= 15 is 0 Å². The van der Waals surface area contributed by atoms with Gasteiger partial charge in [0.15, 0.2) is 6.29 Å². The topological polar surface area (TPSA) is 80.8 Å². The number of aromatic nitrogens is 1. The summed E-state index contributed by atoms with van der Waals surface area (Å²) in [6.07, 6.45) is 9.10. The first-order valence-corrected chi connectivity index (χ1v) is 10.6. The van der Waals surface area contributed by atoms with Crippen molar-refractivity contribution in [2.75, 3.05) is 17.7 Å². The van der Waals surface area contributed by atoms with Crippen LogP contribution in [0.15, 0.2) is 36.5 Å². The summed E-state index contributed by atoms with van der Waals surface area (Å²) in [5.74, 6) is 0. The number of nitrogens with one attached hydrogen (secondary N) is 4. The fraction of sp³-hybridized carbons (Fsp3) is 0.364. The highest BCUT2D eigenvalue weighted by Crippen LogP contribution is 2.30. The third-order valence-electron chi connectivity index (χ3n) is 5.05. The van der Waals surface area contributed by atoms with Gasteiger partial charge in [0.2, 0.25) is 0 Å². The number of anilines is 2. The van der Waals surface area contributed by atoms with Crippen molar-refractivity contribution in [2.24, 2.45) is 0 Å². The van der Waals surface area contributed by atoms with Crippen molar-refractivity contribution in [1.82, 2.24) is 4.98 Å². The Morgan fingerprint density at radius 1 is 1.21 bits per heavy atom. The molecule has 1 aromatic carbocycles. The first kappa shape index (κ1) is 20.1. The molecule has 4 rings (SSSR count). The number of H-pyrrole nitrogens is 1. The molecule has 1 aliphatic carbocycles. The van der Waals surface area contributed by atoms with E-state index in [9.17, 15) is 4.79 Å². The normalized spacial score (nSPS) is 14.2. The van der Waals surface area contributed by atoms with Crippen LogP contribution < -0.4 is 10.6 Å². The standard InChI is InChI=1S/C13H18N2OS.C9H10N2/c1-9(14)12-7-11(8-16)17-13(12)15-10-5-3-2-4-6-10;1-10-8-2-3-9-7(6-8)4-5-11-9/h7-8,10,14-15H,2-6H2,1H3;2-6,10-11H,1H3. The van der Waals surface area contributed by atoms with Crippen LogP contribution in [0, 0.1) is 5.41 Å². The van der Waals surface area contributed by atoms with E-state index in [0.29, 0.717) is 16.6 Å². The predicted octanol–water partition coefficient (Wildman–Crippen LogP) is 5.90. The van der Waals surface area contributed by atoms with Crippen LogP contribution in [0.2, 0.25) is 0 Å². The maximum Gasteiger partial charge on any atom is 0.160 e. The number of benzene rings is 1. The zero-order chi connectivity index (χ0) is 19.9. The van der Waals surface area contributed by atoms with Crippen LogP contribution in [0.25, 0.3) is 10.9 Å². The van der Waals surface area contributed by atoms with E-state index in [0.717, 1.165) is 22.5 Å². The molecule has 0 unspecified atom stereocenters. The van der Waals surface area contributed by atoms with Crippen molar-refractivity contribution >= 4 is 44.9 Å². The van der Waals surface area contributed by atoms with E-state index in [2.05, 4.69) is 39.9 Å². The van der Waals surface area contributed by atoms with E-state index in [-0.39, 0.29) is 0 Å². The molecule has 5 nitrogen and oxygen atoms in total. The first-order chi connectivity index (χ1) is 13.6. The molecule has 0 bridgehead atoms. The Morgan fingerprint density at radius 2 is 2.00 bits per heavy atom. The molecule has 0 radical (unpaired) electrons. The number of aldehydes is 1. The van der Waals surface area contributed by atoms with Gasteiger partial charge >= 0.3 is 0 Å². The first-order valence-electron chi connectivity index (χ1n) is 9.76. The Bertz CT molecular complexity index is 937. The van der Waals surface area contributed by atoms with Crippen molar-refractivity contribution in [3.8, 4) is 0 Å². The van der Waals surface area contributed by atoms with E-state index in [4.69, 9.17) is 5.41 Å². The van der Waals surface area contributed by atoms with Crippen molar-refractivity contribution in [2.45, 2.75) is 45.1 Å². The number of rotatable bonds is 5. The fourth-order valence-corrected chi connectivity index (χ4v) is 4.50. The number of hydrogen-bond donors (Lipinski definition) is 4. The minimum Gasteiger partial charge on any atom is -0.388 e. The highest BCUT2D eigenvalue weighted by atomic mass is 32.1. The zero-order valence-electron chi connectivity index (χ0n) is 16.5. The Hall–Kier alpha value is -2.60. The van der Waals surface area contributed by atoms with Crippen molar-refractivity contribution in [3.05, 3.63) is 47.0 Å². The van der Waals surface area contributed by atoms with Crippen LogP contribution in [0.1, 0.15) is 54.3 Å². The molecule has 0 amide bonds. The minimum absolute atomic E-state index is 0.514. The Morgan fingerprint density at radius 3 is 2.68 bits per heavy atom. The van der Waals surface area contributed by atoms with Gasteiger partial charge in [-0.05, 0) is 50.1 Å². The second-order valence-electron chi connectivity index (χ2n) is 7.14. The Balaban J connectivity index is 0.000000176. The van der Waals surface area contributed by atoms with Gasteiger partial charge in [-0.15, -0.1) is 11.3 Å². The molecule has 1 saturated carbocycles. The smallest absolute Gasteiger partial charge is 0.160 e. The summed E-state index contributed by atoms with van der Waals surface area (Å²) >= 11 is 1.46. The second-order valence-corrected chi connectivity index (χ2v) is 8.23. The minimum atomic E-state index is 0.514. The zero-order valence-corrected chi connectivity index (χ0v) is 17.3. The molecular weight excluding hydrogens is 368 g/mol. The Kier molecular flexibility index (Phi) is 6.87. The predicted molar refractivity (Wildman–Crippen MR) is 121 cm³/mol. The molecule has 1 aliphatic rings. The quantitative estimate of drug-likeness (QED) is 0.320. The summed E-state index contributed by atoms with van der Waals surface area (Å²) < 4.78 is 0. The number of fused-ring (bicyclic) bond motifs is 1. The lowest BCUT2D eigenvalue weighted by atomic mass is 9.95. The number of aromatic amines is 1. The van der Waals surface area contributed by atoms with Gasteiger partial charge in [0.1, 0.15) is 0 Å². The highest BCUT2D eigenvalue weighted by Gasteiger charge is 2.17. The largest absolute Gasteiger partial charge is 0.388 e. The summed E-state index contributed by atoms with van der Waals surface area (Å²) in [4.78, 5) is 14.6. The molecule has 1 fully saturated rings. The highest BCUT2D eigenvalue weighted by molar-refractivity contribution is 7.18. The molecule has 0 aliphatic heterocycles. The van der Waals surface area contributed by atoms with Gasteiger partial charge in [-0.3, -0.25) is 4.79 Å². The average molecular weight is 397 g/mol. The SMILES string of the molecule is CC(=N)c1cc(C=O)sc1NC1CCCCC1.CNc1ccc2[nH]ccc2c1.